The lowest BCUT2D eigenvalue weighted by Gasteiger charge is -2.30. The summed E-state index contributed by atoms with van der Waals surface area (Å²) in [5, 5.41) is 0. The molecule has 1 fully saturated rings. The summed E-state index contributed by atoms with van der Waals surface area (Å²) >= 11 is 0. The zero-order chi connectivity index (χ0) is 7.61. The maximum absolute atomic E-state index is 12.9. The van der Waals surface area contributed by atoms with E-state index in [9.17, 15) is 8.78 Å². The highest BCUT2D eigenvalue weighted by molar-refractivity contribution is 4.80. The highest BCUT2D eigenvalue weighted by Gasteiger charge is 2.39. The van der Waals surface area contributed by atoms with Crippen LogP contribution in [-0.2, 0) is 0 Å². The van der Waals surface area contributed by atoms with Crippen LogP contribution in [0.5, 0.6) is 0 Å². The molecule has 0 spiro atoms. The Kier molecular flexibility index (Phi) is 2.27. The van der Waals surface area contributed by atoms with Crippen LogP contribution >= 0.6 is 0 Å². The van der Waals surface area contributed by atoms with E-state index in [0.717, 1.165) is 12.8 Å². The van der Waals surface area contributed by atoms with E-state index in [1.807, 2.05) is 6.92 Å². The fourth-order valence-electron chi connectivity index (χ4n) is 1.67. The zero-order valence-electron chi connectivity index (χ0n) is 6.37. The van der Waals surface area contributed by atoms with Gasteiger partial charge in [0.25, 0.3) is 5.92 Å². The molecule has 1 aliphatic rings. The van der Waals surface area contributed by atoms with Crippen LogP contribution in [0.25, 0.3) is 0 Å². The first-order valence-electron chi connectivity index (χ1n) is 4.04. The van der Waals surface area contributed by atoms with Crippen LogP contribution in [0.2, 0.25) is 0 Å². The van der Waals surface area contributed by atoms with Gasteiger partial charge in [-0.1, -0.05) is 13.3 Å². The molecule has 0 unspecified atom stereocenters. The van der Waals surface area contributed by atoms with Crippen LogP contribution in [-0.4, -0.2) is 5.92 Å². The average molecular weight is 148 g/mol. The molecule has 0 aromatic heterocycles. The molecule has 1 rings (SSSR count). The predicted molar refractivity (Wildman–Crippen MR) is 37.2 cm³/mol. The molecule has 0 N–H and O–H groups in total. The van der Waals surface area contributed by atoms with Crippen molar-refractivity contribution in [3.63, 3.8) is 0 Å². The molecule has 60 valence electrons. The minimum absolute atomic E-state index is 0.117. The monoisotopic (exact) mass is 148 g/mol. The van der Waals surface area contributed by atoms with Crippen molar-refractivity contribution in [1.29, 1.82) is 0 Å². The van der Waals surface area contributed by atoms with Crippen molar-refractivity contribution in [3.8, 4) is 0 Å². The maximum Gasteiger partial charge on any atom is 0.250 e. The SMILES string of the molecule is CC[C@@H]1CCCCC1(F)F. The molecule has 1 atom stereocenters. The zero-order valence-corrected chi connectivity index (χ0v) is 6.37. The molecule has 0 amide bonds. The van der Waals surface area contributed by atoms with Gasteiger partial charge in [-0.05, 0) is 19.3 Å². The first-order valence-corrected chi connectivity index (χ1v) is 4.04. The molecule has 0 bridgehead atoms. The van der Waals surface area contributed by atoms with E-state index >= 15 is 0 Å². The Morgan fingerprint density at radius 2 is 2.10 bits per heavy atom. The van der Waals surface area contributed by atoms with Crippen molar-refractivity contribution in [3.05, 3.63) is 0 Å². The van der Waals surface area contributed by atoms with Crippen LogP contribution < -0.4 is 0 Å². The number of hydrogen-bond acceptors (Lipinski definition) is 0. The summed E-state index contributed by atoms with van der Waals surface area (Å²) in [4.78, 5) is 0. The van der Waals surface area contributed by atoms with Crippen molar-refractivity contribution in [2.75, 3.05) is 0 Å². The number of rotatable bonds is 1. The molecule has 2 heteroatoms. The Hall–Kier alpha value is -0.140. The Morgan fingerprint density at radius 1 is 1.40 bits per heavy atom. The second-order valence-corrected chi connectivity index (χ2v) is 3.11. The Bertz CT molecular complexity index is 110. The third-order valence-electron chi connectivity index (χ3n) is 2.40. The lowest BCUT2D eigenvalue weighted by Crippen LogP contribution is -2.30. The fourth-order valence-corrected chi connectivity index (χ4v) is 1.67. The van der Waals surface area contributed by atoms with Gasteiger partial charge in [-0.25, -0.2) is 8.78 Å². The van der Waals surface area contributed by atoms with Gasteiger partial charge in [0.05, 0.1) is 0 Å². The Morgan fingerprint density at radius 3 is 2.50 bits per heavy atom. The van der Waals surface area contributed by atoms with Crippen LogP contribution in [0.3, 0.4) is 0 Å². The third kappa shape index (κ3) is 1.47. The Labute approximate surface area is 60.6 Å². The average Bonchev–Trinajstić information content (AvgIpc) is 1.87. The highest BCUT2D eigenvalue weighted by atomic mass is 19.3. The summed E-state index contributed by atoms with van der Waals surface area (Å²) in [5.74, 6) is -2.69. The molecule has 0 aromatic rings. The summed E-state index contributed by atoms with van der Waals surface area (Å²) in [5.41, 5.74) is 0. The quantitative estimate of drug-likeness (QED) is 0.535. The molecule has 0 saturated heterocycles. The van der Waals surface area contributed by atoms with Gasteiger partial charge >= 0.3 is 0 Å². The van der Waals surface area contributed by atoms with E-state index in [-0.39, 0.29) is 12.3 Å². The number of halogens is 2. The van der Waals surface area contributed by atoms with E-state index in [1.165, 1.54) is 0 Å². The van der Waals surface area contributed by atoms with E-state index in [1.54, 1.807) is 0 Å². The molecule has 0 aliphatic heterocycles. The summed E-state index contributed by atoms with van der Waals surface area (Å²) in [6.07, 6.45) is 3.18. The van der Waals surface area contributed by atoms with Crippen LogP contribution in [0.1, 0.15) is 39.0 Å². The standard InChI is InChI=1S/C8H14F2/c1-2-7-5-3-4-6-8(7,9)10/h7H,2-6H2,1H3/t7-/m1/s1. The van der Waals surface area contributed by atoms with Gasteiger partial charge in [0.15, 0.2) is 0 Å². The number of hydrogen-bond donors (Lipinski definition) is 0. The van der Waals surface area contributed by atoms with E-state index in [2.05, 4.69) is 0 Å². The first kappa shape index (κ1) is 7.96. The van der Waals surface area contributed by atoms with Crippen LogP contribution in [0, 0.1) is 5.92 Å². The smallest absolute Gasteiger partial charge is 0.207 e. The lowest BCUT2D eigenvalue weighted by molar-refractivity contribution is -0.0864. The fraction of sp³-hybridized carbons (Fsp3) is 1.00. The van der Waals surface area contributed by atoms with Crippen molar-refractivity contribution < 1.29 is 8.78 Å². The van der Waals surface area contributed by atoms with Crippen molar-refractivity contribution >= 4 is 0 Å². The highest BCUT2D eigenvalue weighted by Crippen LogP contribution is 2.39. The van der Waals surface area contributed by atoms with E-state index in [4.69, 9.17) is 0 Å². The molecule has 1 saturated carbocycles. The maximum atomic E-state index is 12.9. The van der Waals surface area contributed by atoms with Gasteiger partial charge in [-0.3, -0.25) is 0 Å². The van der Waals surface area contributed by atoms with E-state index < -0.39 is 5.92 Å². The van der Waals surface area contributed by atoms with Crippen LogP contribution in [0.15, 0.2) is 0 Å². The van der Waals surface area contributed by atoms with E-state index in [0.29, 0.717) is 12.8 Å². The van der Waals surface area contributed by atoms with Gasteiger partial charge in [-0.15, -0.1) is 0 Å². The summed E-state index contributed by atoms with van der Waals surface area (Å²) in [6, 6.07) is 0. The minimum atomic E-state index is -2.35. The molecular formula is C8H14F2. The molecule has 1 aliphatic carbocycles. The van der Waals surface area contributed by atoms with Gasteiger partial charge in [-0.2, -0.15) is 0 Å². The normalized spacial score (nSPS) is 32.1. The number of alkyl halides is 2. The van der Waals surface area contributed by atoms with Crippen molar-refractivity contribution in [2.24, 2.45) is 5.92 Å². The molecule has 0 aromatic carbocycles. The second-order valence-electron chi connectivity index (χ2n) is 3.11. The van der Waals surface area contributed by atoms with Gasteiger partial charge < -0.3 is 0 Å². The van der Waals surface area contributed by atoms with Gasteiger partial charge in [0.1, 0.15) is 0 Å². The van der Waals surface area contributed by atoms with Crippen LogP contribution in [0.4, 0.5) is 8.78 Å². The molecule has 0 heterocycles. The molecule has 0 nitrogen and oxygen atoms in total. The van der Waals surface area contributed by atoms with Crippen molar-refractivity contribution in [1.82, 2.24) is 0 Å². The molecule has 0 radical (unpaired) electrons. The second kappa shape index (κ2) is 2.85. The van der Waals surface area contributed by atoms with Gasteiger partial charge in [0.2, 0.25) is 0 Å². The lowest BCUT2D eigenvalue weighted by atomic mass is 9.84. The minimum Gasteiger partial charge on any atom is -0.207 e. The van der Waals surface area contributed by atoms with Crippen molar-refractivity contribution in [2.45, 2.75) is 45.0 Å². The molecular weight excluding hydrogens is 134 g/mol. The topological polar surface area (TPSA) is 0 Å². The van der Waals surface area contributed by atoms with Gasteiger partial charge in [0, 0.05) is 12.3 Å². The first-order chi connectivity index (χ1) is 4.67. The predicted octanol–water partition coefficient (Wildman–Crippen LogP) is 3.22. The Balaban J connectivity index is 2.51. The summed E-state index contributed by atoms with van der Waals surface area (Å²) in [7, 11) is 0. The summed E-state index contributed by atoms with van der Waals surface area (Å²) in [6.45, 7) is 1.85. The summed E-state index contributed by atoms with van der Waals surface area (Å²) < 4.78 is 25.7. The molecule has 10 heavy (non-hydrogen) atoms. The largest absolute Gasteiger partial charge is 0.250 e. The third-order valence-corrected chi connectivity index (χ3v) is 2.40.